The van der Waals surface area contributed by atoms with Gasteiger partial charge in [-0.3, -0.25) is 9.69 Å². The Morgan fingerprint density at radius 2 is 1.95 bits per heavy atom. The van der Waals surface area contributed by atoms with Gasteiger partial charge in [-0.1, -0.05) is 15.9 Å². The van der Waals surface area contributed by atoms with Gasteiger partial charge in [0.25, 0.3) is 5.91 Å². The average molecular weight is 418 g/mol. The van der Waals surface area contributed by atoms with Crippen molar-refractivity contribution in [2.45, 2.75) is 12.5 Å². The summed E-state index contributed by atoms with van der Waals surface area (Å²) < 4.78 is 7.18. The van der Waals surface area contributed by atoms with E-state index in [1.165, 1.54) is 0 Å². The van der Waals surface area contributed by atoms with Gasteiger partial charge in [0.05, 0.1) is 18.8 Å². The fourth-order valence-corrected chi connectivity index (χ4v) is 3.78. The van der Waals surface area contributed by atoms with Crippen LogP contribution >= 0.6 is 31.9 Å². The van der Waals surface area contributed by atoms with Gasteiger partial charge in [0.2, 0.25) is 0 Å². The molecule has 21 heavy (non-hydrogen) atoms. The Morgan fingerprint density at radius 1 is 1.19 bits per heavy atom. The van der Waals surface area contributed by atoms with Crippen molar-refractivity contribution in [3.8, 4) is 0 Å². The number of nitrogens with zero attached hydrogens (tertiary/aromatic N) is 2. The summed E-state index contributed by atoms with van der Waals surface area (Å²) in [6, 6.07) is 6.20. The molecule has 0 bridgehead atoms. The van der Waals surface area contributed by atoms with Crippen molar-refractivity contribution in [3.63, 3.8) is 0 Å². The predicted octanol–water partition coefficient (Wildman–Crippen LogP) is 2.76. The molecule has 1 aromatic carbocycles. The largest absolute Gasteiger partial charge is 0.379 e. The smallest absolute Gasteiger partial charge is 0.255 e. The van der Waals surface area contributed by atoms with E-state index in [1.807, 2.05) is 23.1 Å². The minimum atomic E-state index is 0.110. The molecule has 2 saturated heterocycles. The van der Waals surface area contributed by atoms with Gasteiger partial charge in [-0.05, 0) is 40.5 Å². The van der Waals surface area contributed by atoms with Gasteiger partial charge >= 0.3 is 0 Å². The third-order valence-corrected chi connectivity index (χ3v) is 5.36. The van der Waals surface area contributed by atoms with Crippen molar-refractivity contribution < 1.29 is 9.53 Å². The zero-order chi connectivity index (χ0) is 14.8. The fraction of sp³-hybridized carbons (Fsp3) is 0.533. The normalized spacial score (nSPS) is 23.5. The first-order chi connectivity index (χ1) is 10.1. The number of benzene rings is 1. The minimum absolute atomic E-state index is 0.110. The second kappa shape index (κ2) is 6.77. The van der Waals surface area contributed by atoms with E-state index in [4.69, 9.17) is 4.74 Å². The Morgan fingerprint density at radius 3 is 2.71 bits per heavy atom. The quantitative estimate of drug-likeness (QED) is 0.741. The second-order valence-corrected chi connectivity index (χ2v) is 7.24. The molecule has 1 unspecified atom stereocenters. The number of likely N-dealkylation sites (tertiary alicyclic amines) is 1. The van der Waals surface area contributed by atoms with Crippen molar-refractivity contribution >= 4 is 37.8 Å². The molecule has 0 radical (unpaired) electrons. The van der Waals surface area contributed by atoms with Crippen LogP contribution in [-0.2, 0) is 4.74 Å². The van der Waals surface area contributed by atoms with Crippen LogP contribution in [-0.4, -0.2) is 61.1 Å². The van der Waals surface area contributed by atoms with E-state index in [1.54, 1.807) is 0 Å². The topological polar surface area (TPSA) is 32.8 Å². The number of amides is 1. The number of hydrogen-bond donors (Lipinski definition) is 0. The van der Waals surface area contributed by atoms with Crippen LogP contribution in [0.15, 0.2) is 27.1 Å². The molecule has 1 amide bonds. The summed E-state index contributed by atoms with van der Waals surface area (Å²) in [6.45, 7) is 5.22. The lowest BCUT2D eigenvalue weighted by molar-refractivity contribution is 0.0185. The highest BCUT2D eigenvalue weighted by Crippen LogP contribution is 2.25. The Balaban J connectivity index is 1.67. The number of morpholine rings is 1. The molecule has 0 N–H and O–H groups in total. The van der Waals surface area contributed by atoms with Crippen molar-refractivity contribution in [3.05, 3.63) is 32.7 Å². The lowest BCUT2D eigenvalue weighted by Gasteiger charge is -2.32. The van der Waals surface area contributed by atoms with Gasteiger partial charge in [0.1, 0.15) is 0 Å². The van der Waals surface area contributed by atoms with Crippen LogP contribution in [0.1, 0.15) is 16.8 Å². The van der Waals surface area contributed by atoms with Crippen molar-refractivity contribution in [2.24, 2.45) is 0 Å². The molecule has 2 aliphatic rings. The first-order valence-corrected chi connectivity index (χ1v) is 8.80. The van der Waals surface area contributed by atoms with E-state index >= 15 is 0 Å². The highest BCUT2D eigenvalue weighted by atomic mass is 79.9. The first kappa shape index (κ1) is 15.5. The summed E-state index contributed by atoms with van der Waals surface area (Å²) in [7, 11) is 0. The Hall–Kier alpha value is -0.430. The molecule has 0 spiro atoms. The Bertz CT molecular complexity index is 532. The zero-order valence-corrected chi connectivity index (χ0v) is 14.9. The molecule has 0 aliphatic carbocycles. The average Bonchev–Trinajstić information content (AvgIpc) is 3.00. The molecule has 114 valence electrons. The first-order valence-electron chi connectivity index (χ1n) is 7.21. The third-order valence-electron chi connectivity index (χ3n) is 4.17. The highest BCUT2D eigenvalue weighted by molar-refractivity contribution is 9.11. The van der Waals surface area contributed by atoms with Gasteiger partial charge in [-0.25, -0.2) is 0 Å². The summed E-state index contributed by atoms with van der Waals surface area (Å²) in [4.78, 5) is 17.1. The Labute approximate surface area is 141 Å². The van der Waals surface area contributed by atoms with E-state index in [0.717, 1.165) is 60.3 Å². The molecule has 4 nitrogen and oxygen atoms in total. The number of carbonyl (C=O) groups excluding carboxylic acids is 1. The predicted molar refractivity (Wildman–Crippen MR) is 88.5 cm³/mol. The molecule has 2 aliphatic heterocycles. The minimum Gasteiger partial charge on any atom is -0.379 e. The molecule has 1 aromatic rings. The van der Waals surface area contributed by atoms with Crippen LogP contribution in [0.2, 0.25) is 0 Å². The van der Waals surface area contributed by atoms with Crippen LogP contribution in [0.4, 0.5) is 0 Å². The van der Waals surface area contributed by atoms with Crippen LogP contribution in [0.25, 0.3) is 0 Å². The molecule has 6 heteroatoms. The lowest BCUT2D eigenvalue weighted by atomic mass is 10.2. The van der Waals surface area contributed by atoms with E-state index in [-0.39, 0.29) is 5.91 Å². The van der Waals surface area contributed by atoms with E-state index in [9.17, 15) is 4.79 Å². The van der Waals surface area contributed by atoms with Crippen LogP contribution < -0.4 is 0 Å². The van der Waals surface area contributed by atoms with E-state index in [2.05, 4.69) is 36.8 Å². The highest BCUT2D eigenvalue weighted by Gasteiger charge is 2.32. The number of ether oxygens (including phenoxy) is 1. The van der Waals surface area contributed by atoms with Crippen LogP contribution in [0, 0.1) is 0 Å². The zero-order valence-electron chi connectivity index (χ0n) is 11.7. The summed E-state index contributed by atoms with van der Waals surface area (Å²) in [6.07, 6.45) is 1.05. The Kier molecular flexibility index (Phi) is 4.99. The van der Waals surface area contributed by atoms with Gasteiger partial charge in [0, 0.05) is 41.2 Å². The standard InChI is InChI=1S/C15H18Br2N2O2/c16-11-1-2-14(17)13(9-11)15(20)19-4-3-12(10-19)18-5-7-21-8-6-18/h1-2,9,12H,3-8,10H2. The summed E-state index contributed by atoms with van der Waals surface area (Å²) in [5, 5.41) is 0. The van der Waals surface area contributed by atoms with Gasteiger partial charge in [-0.15, -0.1) is 0 Å². The molecule has 0 saturated carbocycles. The van der Waals surface area contributed by atoms with Gasteiger partial charge < -0.3 is 9.64 Å². The maximum atomic E-state index is 12.7. The van der Waals surface area contributed by atoms with Gasteiger partial charge in [0.15, 0.2) is 0 Å². The lowest BCUT2D eigenvalue weighted by Crippen LogP contribution is -2.45. The van der Waals surface area contributed by atoms with Crippen molar-refractivity contribution in [2.75, 3.05) is 39.4 Å². The molecule has 2 fully saturated rings. The molecular weight excluding hydrogens is 400 g/mol. The second-order valence-electron chi connectivity index (χ2n) is 5.47. The van der Waals surface area contributed by atoms with Crippen molar-refractivity contribution in [1.29, 1.82) is 0 Å². The molecular formula is C15H18Br2N2O2. The monoisotopic (exact) mass is 416 g/mol. The summed E-state index contributed by atoms with van der Waals surface area (Å²) in [5.41, 5.74) is 0.729. The number of halogens is 2. The van der Waals surface area contributed by atoms with Crippen LogP contribution in [0.5, 0.6) is 0 Å². The fourth-order valence-electron chi connectivity index (χ4n) is 3.00. The third kappa shape index (κ3) is 3.50. The molecule has 0 aromatic heterocycles. The van der Waals surface area contributed by atoms with Crippen molar-refractivity contribution in [1.82, 2.24) is 9.80 Å². The number of carbonyl (C=O) groups is 1. The molecule has 2 heterocycles. The molecule has 3 rings (SSSR count). The number of rotatable bonds is 2. The van der Waals surface area contributed by atoms with E-state index in [0.29, 0.717) is 6.04 Å². The van der Waals surface area contributed by atoms with E-state index < -0.39 is 0 Å². The molecule has 1 atom stereocenters. The maximum Gasteiger partial charge on any atom is 0.255 e. The summed E-state index contributed by atoms with van der Waals surface area (Å²) in [5.74, 6) is 0.110. The number of hydrogen-bond acceptors (Lipinski definition) is 3. The van der Waals surface area contributed by atoms with Crippen LogP contribution in [0.3, 0.4) is 0 Å². The van der Waals surface area contributed by atoms with Gasteiger partial charge in [-0.2, -0.15) is 0 Å². The maximum absolute atomic E-state index is 12.7. The SMILES string of the molecule is O=C(c1cc(Br)ccc1Br)N1CCC(N2CCOCC2)C1. The summed E-state index contributed by atoms with van der Waals surface area (Å²) >= 11 is 6.91.